The zero-order chi connectivity index (χ0) is 22.9. The van der Waals surface area contributed by atoms with Crippen LogP contribution in [0.5, 0.6) is 5.75 Å². The van der Waals surface area contributed by atoms with Gasteiger partial charge in [-0.25, -0.2) is 0 Å². The monoisotopic (exact) mass is 460 g/mol. The zero-order valence-electron chi connectivity index (χ0n) is 19.5. The van der Waals surface area contributed by atoms with Crippen LogP contribution in [0.25, 0.3) is 10.9 Å². The maximum absolute atomic E-state index is 12.8. The molecular weight excluding hydrogens is 424 g/mol. The van der Waals surface area contributed by atoms with Gasteiger partial charge in [0.2, 0.25) is 0 Å². The third-order valence-electron chi connectivity index (χ3n) is 6.05. The first-order valence-electron chi connectivity index (χ1n) is 11.6. The molecule has 32 heavy (non-hydrogen) atoms. The Morgan fingerprint density at radius 2 is 2.12 bits per heavy atom. The van der Waals surface area contributed by atoms with Gasteiger partial charge in [0, 0.05) is 31.3 Å². The smallest absolute Gasteiger partial charge is 0.253 e. The van der Waals surface area contributed by atoms with Crippen molar-refractivity contribution in [3.05, 3.63) is 40.2 Å². The molecule has 2 aromatic rings. The number of hydrogen-bond acceptors (Lipinski definition) is 5. The summed E-state index contributed by atoms with van der Waals surface area (Å²) in [6, 6.07) is 7.64. The summed E-state index contributed by atoms with van der Waals surface area (Å²) in [6.07, 6.45) is 3.26. The van der Waals surface area contributed by atoms with Crippen molar-refractivity contribution in [2.24, 2.45) is 0 Å². The van der Waals surface area contributed by atoms with E-state index in [1.165, 1.54) is 0 Å². The number of aromatic nitrogens is 1. The molecule has 1 aliphatic heterocycles. The van der Waals surface area contributed by atoms with Crippen molar-refractivity contribution in [1.29, 1.82) is 0 Å². The van der Waals surface area contributed by atoms with Crippen LogP contribution in [-0.4, -0.2) is 72.4 Å². The summed E-state index contributed by atoms with van der Waals surface area (Å²) in [4.78, 5) is 20.3. The highest BCUT2D eigenvalue weighted by Gasteiger charge is 2.22. The SMILES string of the molecule is CCN(CC)CCCNC(=S)N(Cc1cc2ccc(OC)cc2[nH]c1=O)C[C@H]1CCCO1. The van der Waals surface area contributed by atoms with Gasteiger partial charge >= 0.3 is 0 Å². The predicted molar refractivity (Wildman–Crippen MR) is 134 cm³/mol. The molecular formula is C24H36N4O3S. The molecule has 7 nitrogen and oxygen atoms in total. The number of hydrogen-bond donors (Lipinski definition) is 2. The third kappa shape index (κ3) is 6.67. The minimum atomic E-state index is -0.104. The molecule has 1 aromatic carbocycles. The highest BCUT2D eigenvalue weighted by atomic mass is 32.1. The first-order chi connectivity index (χ1) is 15.5. The van der Waals surface area contributed by atoms with Crippen LogP contribution in [0.3, 0.4) is 0 Å². The number of benzene rings is 1. The number of ether oxygens (including phenoxy) is 2. The number of methoxy groups -OCH3 is 1. The quantitative estimate of drug-likeness (QED) is 0.394. The molecule has 1 aliphatic rings. The molecule has 1 fully saturated rings. The molecule has 0 amide bonds. The first-order valence-corrected chi connectivity index (χ1v) is 12.0. The van der Waals surface area contributed by atoms with Gasteiger partial charge in [0.05, 0.1) is 25.3 Å². The van der Waals surface area contributed by atoms with E-state index >= 15 is 0 Å². The molecule has 0 unspecified atom stereocenters. The fraction of sp³-hybridized carbons (Fsp3) is 0.583. The third-order valence-corrected chi connectivity index (χ3v) is 6.45. The fourth-order valence-electron chi connectivity index (χ4n) is 4.08. The summed E-state index contributed by atoms with van der Waals surface area (Å²) in [7, 11) is 1.62. The van der Waals surface area contributed by atoms with Crippen molar-refractivity contribution in [3.63, 3.8) is 0 Å². The van der Waals surface area contributed by atoms with Crippen molar-refractivity contribution < 1.29 is 9.47 Å². The predicted octanol–water partition coefficient (Wildman–Crippen LogP) is 3.12. The molecule has 0 saturated carbocycles. The Labute approximate surface area is 196 Å². The van der Waals surface area contributed by atoms with E-state index in [9.17, 15) is 4.79 Å². The maximum atomic E-state index is 12.8. The normalized spacial score (nSPS) is 15.9. The lowest BCUT2D eigenvalue weighted by molar-refractivity contribution is 0.0896. The van der Waals surface area contributed by atoms with Crippen LogP contribution in [0.15, 0.2) is 29.1 Å². The van der Waals surface area contributed by atoms with E-state index < -0.39 is 0 Å². The summed E-state index contributed by atoms with van der Waals surface area (Å²) in [5.41, 5.74) is 1.35. The van der Waals surface area contributed by atoms with E-state index in [-0.39, 0.29) is 11.7 Å². The van der Waals surface area contributed by atoms with Crippen LogP contribution in [0.2, 0.25) is 0 Å². The highest BCUT2D eigenvalue weighted by Crippen LogP contribution is 2.20. The minimum Gasteiger partial charge on any atom is -0.497 e. The Morgan fingerprint density at radius 1 is 1.31 bits per heavy atom. The molecule has 2 N–H and O–H groups in total. The molecule has 1 aromatic heterocycles. The molecule has 8 heteroatoms. The van der Waals surface area contributed by atoms with Crippen molar-refractivity contribution in [2.75, 3.05) is 46.4 Å². The van der Waals surface area contributed by atoms with Gasteiger partial charge in [0.15, 0.2) is 5.11 Å². The summed E-state index contributed by atoms with van der Waals surface area (Å²) in [5.74, 6) is 0.719. The topological polar surface area (TPSA) is 69.8 Å². The van der Waals surface area contributed by atoms with E-state index in [4.69, 9.17) is 21.7 Å². The van der Waals surface area contributed by atoms with Crippen molar-refractivity contribution in [1.82, 2.24) is 20.1 Å². The van der Waals surface area contributed by atoms with Gasteiger partial charge in [-0.2, -0.15) is 0 Å². The van der Waals surface area contributed by atoms with Gasteiger partial charge in [-0.15, -0.1) is 0 Å². The van der Waals surface area contributed by atoms with Gasteiger partial charge in [0.1, 0.15) is 5.75 Å². The van der Waals surface area contributed by atoms with Gasteiger partial charge in [-0.05, 0) is 74.7 Å². The van der Waals surface area contributed by atoms with Gasteiger partial charge < -0.3 is 29.6 Å². The molecule has 3 rings (SSSR count). The Balaban J connectivity index is 1.70. The highest BCUT2D eigenvalue weighted by molar-refractivity contribution is 7.80. The van der Waals surface area contributed by atoms with Crippen molar-refractivity contribution in [3.8, 4) is 5.75 Å². The molecule has 1 saturated heterocycles. The van der Waals surface area contributed by atoms with Crippen molar-refractivity contribution >= 4 is 28.2 Å². The molecule has 0 aliphatic carbocycles. The second-order valence-corrected chi connectivity index (χ2v) is 8.59. The average molecular weight is 461 g/mol. The van der Waals surface area contributed by atoms with Crippen LogP contribution in [0.1, 0.15) is 38.7 Å². The van der Waals surface area contributed by atoms with E-state index in [1.54, 1.807) is 7.11 Å². The molecule has 176 valence electrons. The minimum absolute atomic E-state index is 0.104. The van der Waals surface area contributed by atoms with E-state index in [0.717, 1.165) is 68.7 Å². The molecule has 2 heterocycles. The van der Waals surface area contributed by atoms with Gasteiger partial charge in [0.25, 0.3) is 5.56 Å². The Morgan fingerprint density at radius 3 is 2.81 bits per heavy atom. The number of nitrogens with one attached hydrogen (secondary N) is 2. The summed E-state index contributed by atoms with van der Waals surface area (Å²) >= 11 is 5.73. The number of H-pyrrole nitrogens is 1. The number of thiocarbonyl (C=S) groups is 1. The van der Waals surface area contributed by atoms with Crippen LogP contribution in [0.4, 0.5) is 0 Å². The molecule has 0 bridgehead atoms. The Kier molecular flexibility index (Phi) is 9.32. The van der Waals surface area contributed by atoms with Crippen LogP contribution >= 0.6 is 12.2 Å². The lowest BCUT2D eigenvalue weighted by Gasteiger charge is -2.28. The maximum Gasteiger partial charge on any atom is 0.253 e. The number of pyridine rings is 1. The zero-order valence-corrected chi connectivity index (χ0v) is 20.3. The lowest BCUT2D eigenvalue weighted by Crippen LogP contribution is -2.44. The average Bonchev–Trinajstić information content (AvgIpc) is 3.32. The Bertz CT molecular complexity index is 938. The molecule has 1 atom stereocenters. The van der Waals surface area contributed by atoms with Crippen LogP contribution < -0.4 is 15.6 Å². The second kappa shape index (κ2) is 12.2. The Hall–Kier alpha value is -2.16. The van der Waals surface area contributed by atoms with Crippen LogP contribution in [0, 0.1) is 0 Å². The molecule has 0 spiro atoms. The van der Waals surface area contributed by atoms with Gasteiger partial charge in [-0.1, -0.05) is 13.8 Å². The number of rotatable bonds is 11. The largest absolute Gasteiger partial charge is 0.497 e. The fourth-order valence-corrected chi connectivity index (χ4v) is 4.32. The second-order valence-electron chi connectivity index (χ2n) is 8.20. The molecule has 0 radical (unpaired) electrons. The van der Waals surface area contributed by atoms with E-state index in [1.807, 2.05) is 24.3 Å². The first kappa shape index (κ1) is 24.5. The summed E-state index contributed by atoms with van der Waals surface area (Å²) in [6.45, 7) is 10.3. The number of aromatic amines is 1. The number of fused-ring (bicyclic) bond motifs is 1. The lowest BCUT2D eigenvalue weighted by atomic mass is 10.1. The summed E-state index contributed by atoms with van der Waals surface area (Å²) < 4.78 is 11.1. The van der Waals surface area contributed by atoms with Crippen LogP contribution in [-0.2, 0) is 11.3 Å². The number of nitrogens with zero attached hydrogens (tertiary/aromatic N) is 2. The van der Waals surface area contributed by atoms with E-state index in [0.29, 0.717) is 23.8 Å². The standard InChI is InChI=1S/C24H36N4O3S/c1-4-27(5-2)12-7-11-25-24(32)28(17-21-8-6-13-31-21)16-19-14-18-9-10-20(30-3)15-22(18)26-23(19)29/h9-10,14-15,21H,4-8,11-13,16-17H2,1-3H3,(H,25,32)(H,26,29)/t21-/m1/s1. The van der Waals surface area contributed by atoms with Gasteiger partial charge in [-0.3, -0.25) is 4.79 Å². The summed E-state index contributed by atoms with van der Waals surface area (Å²) in [5, 5.41) is 5.04. The van der Waals surface area contributed by atoms with E-state index in [2.05, 4.69) is 33.9 Å². The van der Waals surface area contributed by atoms with Crippen molar-refractivity contribution in [2.45, 2.75) is 45.8 Å².